The molecular weight excluding hydrogens is 381 g/mol. The summed E-state index contributed by atoms with van der Waals surface area (Å²) in [5.41, 5.74) is 3.51. The van der Waals surface area contributed by atoms with Gasteiger partial charge in [0.05, 0.1) is 11.6 Å². The van der Waals surface area contributed by atoms with Crippen molar-refractivity contribution in [3.63, 3.8) is 0 Å². The Bertz CT molecular complexity index is 1160. The lowest BCUT2D eigenvalue weighted by Crippen LogP contribution is -2.29. The zero-order chi connectivity index (χ0) is 21.4. The van der Waals surface area contributed by atoms with Gasteiger partial charge in [-0.05, 0) is 55.8 Å². The maximum Gasteiger partial charge on any atom is 0.300 e. The zero-order valence-corrected chi connectivity index (χ0v) is 16.6. The number of nitrogens with zero attached hydrogens (tertiary/aromatic N) is 1. The van der Waals surface area contributed by atoms with E-state index in [-0.39, 0.29) is 16.9 Å². The van der Waals surface area contributed by atoms with Gasteiger partial charge in [-0.1, -0.05) is 47.5 Å². The largest absolute Gasteiger partial charge is 0.507 e. The van der Waals surface area contributed by atoms with Crippen LogP contribution in [-0.2, 0) is 9.59 Å². The van der Waals surface area contributed by atoms with E-state index >= 15 is 0 Å². The van der Waals surface area contributed by atoms with Crippen molar-refractivity contribution in [2.24, 2.45) is 0 Å². The molecule has 1 N–H and O–H groups in total. The Morgan fingerprint density at radius 2 is 1.57 bits per heavy atom. The molecule has 0 bridgehead atoms. The van der Waals surface area contributed by atoms with Crippen LogP contribution in [-0.4, -0.2) is 16.8 Å². The molecule has 0 spiro atoms. The van der Waals surface area contributed by atoms with Gasteiger partial charge in [0, 0.05) is 11.3 Å². The minimum absolute atomic E-state index is 0.0159. The van der Waals surface area contributed by atoms with Gasteiger partial charge >= 0.3 is 0 Å². The maximum atomic E-state index is 13.3. The summed E-state index contributed by atoms with van der Waals surface area (Å²) in [5, 5.41) is 11.0. The highest BCUT2D eigenvalue weighted by Crippen LogP contribution is 2.42. The number of hydrogen-bond acceptors (Lipinski definition) is 3. The van der Waals surface area contributed by atoms with E-state index in [4.69, 9.17) is 0 Å². The normalized spacial score (nSPS) is 18.1. The van der Waals surface area contributed by atoms with E-state index in [0.29, 0.717) is 11.3 Å². The van der Waals surface area contributed by atoms with Crippen LogP contribution in [0.5, 0.6) is 0 Å². The summed E-state index contributed by atoms with van der Waals surface area (Å²) in [7, 11) is 0. The fourth-order valence-electron chi connectivity index (χ4n) is 3.72. The van der Waals surface area contributed by atoms with Crippen molar-refractivity contribution in [1.29, 1.82) is 0 Å². The fourth-order valence-corrected chi connectivity index (χ4v) is 3.72. The first-order valence-corrected chi connectivity index (χ1v) is 9.57. The molecule has 0 aliphatic carbocycles. The number of benzene rings is 3. The molecule has 30 heavy (non-hydrogen) atoms. The molecule has 150 valence electrons. The average Bonchev–Trinajstić information content (AvgIpc) is 3.00. The molecule has 1 aliphatic heterocycles. The van der Waals surface area contributed by atoms with Crippen LogP contribution in [0.25, 0.3) is 5.76 Å². The quantitative estimate of drug-likeness (QED) is 0.379. The van der Waals surface area contributed by atoms with Crippen LogP contribution in [0.2, 0.25) is 0 Å². The number of carbonyl (C=O) groups is 2. The minimum atomic E-state index is -0.794. The third kappa shape index (κ3) is 3.39. The van der Waals surface area contributed by atoms with Crippen LogP contribution in [0.15, 0.2) is 78.4 Å². The highest BCUT2D eigenvalue weighted by Gasteiger charge is 2.46. The van der Waals surface area contributed by atoms with Gasteiger partial charge in [-0.15, -0.1) is 0 Å². The minimum Gasteiger partial charge on any atom is -0.507 e. The Labute approximate surface area is 173 Å². The van der Waals surface area contributed by atoms with Crippen molar-refractivity contribution in [2.75, 3.05) is 4.90 Å². The Hall–Kier alpha value is -3.73. The number of halogens is 1. The lowest BCUT2D eigenvalue weighted by molar-refractivity contribution is -0.132. The number of Topliss-reactive ketones (excluding diaryl/α,β-unsaturated/α-hetero) is 1. The molecule has 0 radical (unpaired) electrons. The third-order valence-corrected chi connectivity index (χ3v) is 5.23. The number of aliphatic hydroxyl groups is 1. The summed E-state index contributed by atoms with van der Waals surface area (Å²) in [6, 6.07) is 19.1. The molecule has 1 fully saturated rings. The van der Waals surface area contributed by atoms with Crippen molar-refractivity contribution >= 4 is 23.1 Å². The van der Waals surface area contributed by atoms with Gasteiger partial charge in [0.1, 0.15) is 11.6 Å². The molecule has 0 saturated carbocycles. The molecular formula is C25H20FNO3. The Balaban J connectivity index is 1.95. The second-order valence-electron chi connectivity index (χ2n) is 7.43. The van der Waals surface area contributed by atoms with Crippen molar-refractivity contribution in [2.45, 2.75) is 19.9 Å². The number of hydrogen-bond donors (Lipinski definition) is 1. The highest BCUT2D eigenvalue weighted by atomic mass is 19.1. The first-order valence-electron chi connectivity index (χ1n) is 9.57. The molecule has 5 heteroatoms. The van der Waals surface area contributed by atoms with Crippen LogP contribution in [0.1, 0.15) is 28.3 Å². The summed E-state index contributed by atoms with van der Waals surface area (Å²) >= 11 is 0. The van der Waals surface area contributed by atoms with Crippen LogP contribution in [0, 0.1) is 19.7 Å². The van der Waals surface area contributed by atoms with Gasteiger partial charge < -0.3 is 5.11 Å². The highest BCUT2D eigenvalue weighted by molar-refractivity contribution is 6.51. The fraction of sp³-hybridized carbons (Fsp3) is 0.120. The lowest BCUT2D eigenvalue weighted by Gasteiger charge is -2.25. The van der Waals surface area contributed by atoms with E-state index in [2.05, 4.69) is 0 Å². The van der Waals surface area contributed by atoms with Crippen molar-refractivity contribution < 1.29 is 19.1 Å². The van der Waals surface area contributed by atoms with Crippen LogP contribution in [0.4, 0.5) is 10.1 Å². The third-order valence-electron chi connectivity index (χ3n) is 5.23. The average molecular weight is 401 g/mol. The summed E-state index contributed by atoms with van der Waals surface area (Å²) < 4.78 is 13.3. The first kappa shape index (κ1) is 19.6. The number of amides is 1. The maximum absolute atomic E-state index is 13.3. The van der Waals surface area contributed by atoms with E-state index in [0.717, 1.165) is 11.1 Å². The first-order chi connectivity index (χ1) is 14.4. The topological polar surface area (TPSA) is 57.6 Å². The predicted molar refractivity (Wildman–Crippen MR) is 114 cm³/mol. The number of carbonyl (C=O) groups excluding carboxylic acids is 2. The standard InChI is InChI=1S/C25H20FNO3/c1-15-6-12-20(13-7-15)27-22(18-5-3-4-16(2)14-18)21(24(29)25(27)30)23(28)17-8-10-19(26)11-9-17/h3-14,22,28H,1-2H3/b23-21-. The summed E-state index contributed by atoms with van der Waals surface area (Å²) in [6.45, 7) is 3.85. The van der Waals surface area contributed by atoms with E-state index in [1.165, 1.54) is 29.2 Å². The van der Waals surface area contributed by atoms with Gasteiger partial charge in [0.25, 0.3) is 11.7 Å². The summed E-state index contributed by atoms with van der Waals surface area (Å²) in [5.74, 6) is -2.27. The molecule has 4 rings (SSSR count). The van der Waals surface area contributed by atoms with E-state index < -0.39 is 23.5 Å². The Kier molecular flexibility index (Phi) is 4.96. The molecule has 3 aromatic rings. The number of anilines is 1. The second-order valence-corrected chi connectivity index (χ2v) is 7.43. The van der Waals surface area contributed by atoms with E-state index in [1.54, 1.807) is 12.1 Å². The van der Waals surface area contributed by atoms with Crippen molar-refractivity contribution in [3.05, 3.63) is 106 Å². The van der Waals surface area contributed by atoms with Gasteiger partial charge in [-0.3, -0.25) is 14.5 Å². The lowest BCUT2D eigenvalue weighted by atomic mass is 9.94. The Morgan fingerprint density at radius 3 is 2.20 bits per heavy atom. The van der Waals surface area contributed by atoms with Crippen molar-refractivity contribution in [1.82, 2.24) is 0 Å². The Morgan fingerprint density at radius 1 is 0.900 bits per heavy atom. The molecule has 4 nitrogen and oxygen atoms in total. The number of aliphatic hydroxyl groups excluding tert-OH is 1. The molecule has 1 atom stereocenters. The van der Waals surface area contributed by atoms with Gasteiger partial charge in [-0.25, -0.2) is 4.39 Å². The SMILES string of the molecule is Cc1ccc(N2C(=O)C(=O)/C(=C(\O)c3ccc(F)cc3)C2c2cccc(C)c2)cc1. The second kappa shape index (κ2) is 7.59. The van der Waals surface area contributed by atoms with Crippen LogP contribution >= 0.6 is 0 Å². The molecule has 3 aromatic carbocycles. The van der Waals surface area contributed by atoms with Crippen molar-refractivity contribution in [3.8, 4) is 0 Å². The monoisotopic (exact) mass is 401 g/mol. The zero-order valence-electron chi connectivity index (χ0n) is 16.6. The molecule has 1 saturated heterocycles. The van der Waals surface area contributed by atoms with Gasteiger partial charge in [0.2, 0.25) is 0 Å². The molecule has 1 amide bonds. The summed E-state index contributed by atoms with van der Waals surface area (Å²) in [6.07, 6.45) is 0. The van der Waals surface area contributed by atoms with E-state index in [9.17, 15) is 19.1 Å². The molecule has 1 unspecified atom stereocenters. The van der Waals surface area contributed by atoms with Gasteiger partial charge in [0.15, 0.2) is 0 Å². The number of aryl methyl sites for hydroxylation is 2. The summed E-state index contributed by atoms with van der Waals surface area (Å²) in [4.78, 5) is 27.5. The predicted octanol–water partition coefficient (Wildman–Crippen LogP) is 5.07. The number of rotatable bonds is 3. The molecule has 0 aromatic heterocycles. The van der Waals surface area contributed by atoms with Gasteiger partial charge in [-0.2, -0.15) is 0 Å². The molecule has 1 aliphatic rings. The smallest absolute Gasteiger partial charge is 0.300 e. The number of ketones is 1. The van der Waals surface area contributed by atoms with Crippen LogP contribution in [0.3, 0.4) is 0 Å². The van der Waals surface area contributed by atoms with Crippen LogP contribution < -0.4 is 4.90 Å². The molecule has 1 heterocycles. The van der Waals surface area contributed by atoms with E-state index in [1.807, 2.05) is 50.2 Å².